The third-order valence-electron chi connectivity index (χ3n) is 5.32. The molecule has 0 bridgehead atoms. The van der Waals surface area contributed by atoms with E-state index >= 15 is 0 Å². The Bertz CT molecular complexity index is 1440. The van der Waals surface area contributed by atoms with E-state index in [9.17, 15) is 13.9 Å². The van der Waals surface area contributed by atoms with E-state index in [1.165, 1.54) is 12.1 Å². The van der Waals surface area contributed by atoms with Crippen molar-refractivity contribution < 1.29 is 18.6 Å². The molecule has 1 N–H and O–H groups in total. The van der Waals surface area contributed by atoms with E-state index in [0.717, 1.165) is 22.7 Å². The number of aromatic nitrogens is 5. The number of rotatable bonds is 5. The zero-order chi connectivity index (χ0) is 22.4. The number of fused-ring (bicyclic) bond motifs is 2. The van der Waals surface area contributed by atoms with Gasteiger partial charge in [0.2, 0.25) is 0 Å². The van der Waals surface area contributed by atoms with Crippen molar-refractivity contribution in [3.05, 3.63) is 78.0 Å². The van der Waals surface area contributed by atoms with Crippen molar-refractivity contribution in [2.75, 3.05) is 7.11 Å². The topological polar surface area (TPSA) is 77.5 Å². The highest BCUT2D eigenvalue weighted by Crippen LogP contribution is 2.33. The third-order valence-corrected chi connectivity index (χ3v) is 5.32. The lowest BCUT2D eigenvalue weighted by molar-refractivity contribution is 0.185. The number of ether oxygens (including phenoxy) is 1. The molecule has 32 heavy (non-hydrogen) atoms. The van der Waals surface area contributed by atoms with Gasteiger partial charge in [-0.2, -0.15) is 5.10 Å². The van der Waals surface area contributed by atoms with Crippen LogP contribution in [0.5, 0.6) is 5.75 Å². The highest BCUT2D eigenvalue weighted by Gasteiger charge is 2.19. The molecule has 4 heterocycles. The van der Waals surface area contributed by atoms with Crippen molar-refractivity contribution in [1.82, 2.24) is 24.1 Å². The van der Waals surface area contributed by atoms with Gasteiger partial charge in [-0.25, -0.2) is 23.3 Å². The first-order valence-electron chi connectivity index (χ1n) is 9.94. The predicted molar refractivity (Wildman–Crippen MR) is 114 cm³/mol. The van der Waals surface area contributed by atoms with Gasteiger partial charge in [-0.15, -0.1) is 0 Å². The lowest BCUT2D eigenvalue weighted by atomic mass is 10.1. The fourth-order valence-corrected chi connectivity index (χ4v) is 3.95. The van der Waals surface area contributed by atoms with E-state index in [1.807, 2.05) is 18.3 Å². The van der Waals surface area contributed by atoms with Gasteiger partial charge in [0, 0.05) is 42.2 Å². The maximum Gasteiger partial charge on any atom is 0.178 e. The number of pyridine rings is 1. The Morgan fingerprint density at radius 3 is 2.62 bits per heavy atom. The fraction of sp³-hybridized carbons (Fsp3) is 0.174. The summed E-state index contributed by atoms with van der Waals surface area (Å²) in [7, 11) is 1.59. The minimum Gasteiger partial charge on any atom is -0.494 e. The first kappa shape index (κ1) is 20.1. The number of methoxy groups -OCH3 is 1. The zero-order valence-electron chi connectivity index (χ0n) is 17.3. The molecule has 0 saturated carbocycles. The average Bonchev–Trinajstić information content (AvgIpc) is 3.34. The highest BCUT2D eigenvalue weighted by atomic mass is 19.1. The average molecular weight is 435 g/mol. The Hall–Kier alpha value is -3.85. The van der Waals surface area contributed by atoms with E-state index in [2.05, 4.69) is 15.1 Å². The van der Waals surface area contributed by atoms with E-state index in [1.54, 1.807) is 41.6 Å². The molecule has 1 atom stereocenters. The number of hydrogen-bond acceptors (Lipinski definition) is 5. The van der Waals surface area contributed by atoms with Crippen LogP contribution in [0.1, 0.15) is 24.4 Å². The molecule has 1 unspecified atom stereocenters. The van der Waals surface area contributed by atoms with Crippen LogP contribution in [0.15, 0.2) is 55.0 Å². The Labute approximate surface area is 181 Å². The number of aliphatic hydroxyl groups excluding tert-OH is 1. The van der Waals surface area contributed by atoms with Gasteiger partial charge >= 0.3 is 0 Å². The van der Waals surface area contributed by atoms with Gasteiger partial charge < -0.3 is 14.4 Å². The van der Waals surface area contributed by atoms with Crippen LogP contribution in [0, 0.1) is 11.6 Å². The van der Waals surface area contributed by atoms with E-state index in [0.29, 0.717) is 28.3 Å². The van der Waals surface area contributed by atoms with Crippen LogP contribution in [-0.2, 0) is 6.54 Å². The van der Waals surface area contributed by atoms with Crippen LogP contribution in [0.4, 0.5) is 8.78 Å². The molecule has 0 radical (unpaired) electrons. The van der Waals surface area contributed by atoms with Crippen LogP contribution in [0.25, 0.3) is 27.8 Å². The molecular formula is C23H19F2N5O2. The molecule has 0 saturated heterocycles. The molecule has 7 nitrogen and oxygen atoms in total. The summed E-state index contributed by atoms with van der Waals surface area (Å²) in [4.78, 5) is 8.92. The van der Waals surface area contributed by atoms with Crippen molar-refractivity contribution in [2.24, 2.45) is 0 Å². The summed E-state index contributed by atoms with van der Waals surface area (Å²) in [6, 6.07) is 8.92. The number of aliphatic hydroxyl groups is 1. The van der Waals surface area contributed by atoms with Crippen LogP contribution in [0.3, 0.4) is 0 Å². The Balaban J connectivity index is 1.69. The van der Waals surface area contributed by atoms with Crippen LogP contribution in [0.2, 0.25) is 0 Å². The Kier molecular flexibility index (Phi) is 4.82. The molecule has 9 heteroatoms. The van der Waals surface area contributed by atoms with Gasteiger partial charge in [-0.3, -0.25) is 0 Å². The minimum absolute atomic E-state index is 0.123. The molecule has 0 fully saturated rings. The number of nitrogens with zero attached hydrogens (tertiary/aromatic N) is 5. The summed E-state index contributed by atoms with van der Waals surface area (Å²) in [5.41, 5.74) is 3.89. The molecule has 0 aliphatic rings. The molecular weight excluding hydrogens is 416 g/mol. The number of imidazole rings is 1. The zero-order valence-corrected chi connectivity index (χ0v) is 17.3. The van der Waals surface area contributed by atoms with Crippen molar-refractivity contribution >= 4 is 16.7 Å². The van der Waals surface area contributed by atoms with Crippen LogP contribution in [-0.4, -0.2) is 36.4 Å². The Morgan fingerprint density at radius 2 is 1.91 bits per heavy atom. The van der Waals surface area contributed by atoms with E-state index < -0.39 is 17.7 Å². The minimum atomic E-state index is -0.898. The smallest absolute Gasteiger partial charge is 0.178 e. The molecule has 5 rings (SSSR count). The normalized spacial score (nSPS) is 12.5. The highest BCUT2D eigenvalue weighted by molar-refractivity contribution is 5.88. The first-order chi connectivity index (χ1) is 15.4. The summed E-state index contributed by atoms with van der Waals surface area (Å²) in [5.74, 6) is -0.313. The number of hydrogen-bond donors (Lipinski definition) is 1. The molecule has 1 aromatic carbocycles. The molecule has 0 amide bonds. The molecule has 0 spiro atoms. The maximum atomic E-state index is 13.8. The van der Waals surface area contributed by atoms with Gasteiger partial charge in [-0.1, -0.05) is 0 Å². The first-order valence-corrected chi connectivity index (χ1v) is 9.94. The standard InChI is InChI=1S/C23H19F2N5O2/c1-13(31)23-28-22-19(29(23)12-14-7-16(24)10-17(25)8-14)9-15(11-26-22)18-4-6-30-21(18)20(32-2)3-5-27-30/h3-11,13,31H,12H2,1-2H3. The second-order valence-electron chi connectivity index (χ2n) is 7.50. The monoisotopic (exact) mass is 435 g/mol. The maximum absolute atomic E-state index is 13.8. The molecule has 0 aliphatic heterocycles. The molecule has 0 aliphatic carbocycles. The fourth-order valence-electron chi connectivity index (χ4n) is 3.95. The number of halogens is 2. The van der Waals surface area contributed by atoms with Gasteiger partial charge in [-0.05, 0) is 36.8 Å². The van der Waals surface area contributed by atoms with Gasteiger partial charge in [0.25, 0.3) is 0 Å². The second kappa shape index (κ2) is 7.69. The molecule has 162 valence electrons. The lowest BCUT2D eigenvalue weighted by Gasteiger charge is -2.12. The van der Waals surface area contributed by atoms with Crippen molar-refractivity contribution in [3.63, 3.8) is 0 Å². The largest absolute Gasteiger partial charge is 0.494 e. The van der Waals surface area contributed by atoms with Gasteiger partial charge in [0.1, 0.15) is 34.8 Å². The SMILES string of the molecule is COc1ccnn2ccc(-c3cnc4nc(C(C)O)n(Cc5cc(F)cc(F)c5)c4c3)c12. The van der Waals surface area contributed by atoms with Crippen molar-refractivity contribution in [2.45, 2.75) is 19.6 Å². The summed E-state index contributed by atoms with van der Waals surface area (Å²) < 4.78 is 36.4. The molecule has 5 aromatic rings. The summed E-state index contributed by atoms with van der Waals surface area (Å²) >= 11 is 0. The summed E-state index contributed by atoms with van der Waals surface area (Å²) in [5, 5.41) is 14.6. The van der Waals surface area contributed by atoms with Gasteiger partial charge in [0.15, 0.2) is 5.65 Å². The molecule has 4 aromatic heterocycles. The Morgan fingerprint density at radius 1 is 1.12 bits per heavy atom. The van der Waals surface area contributed by atoms with Crippen LogP contribution < -0.4 is 4.74 Å². The van der Waals surface area contributed by atoms with Crippen LogP contribution >= 0.6 is 0 Å². The predicted octanol–water partition coefficient (Wildman–Crippen LogP) is 4.13. The summed E-state index contributed by atoms with van der Waals surface area (Å²) in [6.45, 7) is 1.71. The number of benzene rings is 1. The third kappa shape index (κ3) is 3.36. The van der Waals surface area contributed by atoms with Gasteiger partial charge in [0.05, 0.1) is 18.8 Å². The quantitative estimate of drug-likeness (QED) is 0.449. The second-order valence-corrected chi connectivity index (χ2v) is 7.50. The van der Waals surface area contributed by atoms with E-state index in [-0.39, 0.29) is 6.54 Å². The van der Waals surface area contributed by atoms with E-state index in [4.69, 9.17) is 4.74 Å². The summed E-state index contributed by atoms with van der Waals surface area (Å²) in [6.07, 6.45) is 4.27. The van der Waals surface area contributed by atoms with Crippen molar-refractivity contribution in [1.29, 1.82) is 0 Å². The lowest BCUT2D eigenvalue weighted by Crippen LogP contribution is -2.08. The van der Waals surface area contributed by atoms with Crippen molar-refractivity contribution in [3.8, 4) is 16.9 Å².